The second kappa shape index (κ2) is 10.5. The minimum absolute atomic E-state index is 0.526. The van der Waals surface area contributed by atoms with Crippen molar-refractivity contribution in [2.75, 3.05) is 13.7 Å². The van der Waals surface area contributed by atoms with E-state index in [9.17, 15) is 0 Å². The van der Waals surface area contributed by atoms with E-state index in [1.165, 1.54) is 11.1 Å². The van der Waals surface area contributed by atoms with Gasteiger partial charge in [0.1, 0.15) is 12.4 Å². The van der Waals surface area contributed by atoms with Crippen molar-refractivity contribution < 1.29 is 14.2 Å². The van der Waals surface area contributed by atoms with Crippen LogP contribution in [-0.4, -0.2) is 13.7 Å². The molecule has 0 amide bonds. The minimum atomic E-state index is 0.526. The van der Waals surface area contributed by atoms with E-state index in [0.717, 1.165) is 41.5 Å². The van der Waals surface area contributed by atoms with Gasteiger partial charge in [0, 0.05) is 18.7 Å². The lowest BCUT2D eigenvalue weighted by molar-refractivity contribution is 0.268. The number of benzene rings is 3. The molecule has 29 heavy (non-hydrogen) atoms. The second-order valence-corrected chi connectivity index (χ2v) is 6.84. The van der Waals surface area contributed by atoms with Crippen molar-refractivity contribution in [2.45, 2.75) is 33.5 Å². The first-order valence-electron chi connectivity index (χ1n) is 9.97. The summed E-state index contributed by atoms with van der Waals surface area (Å²) in [4.78, 5) is 0. The monoisotopic (exact) mass is 391 g/mol. The average Bonchev–Trinajstić information content (AvgIpc) is 2.75. The van der Waals surface area contributed by atoms with Crippen molar-refractivity contribution in [1.29, 1.82) is 0 Å². The Hall–Kier alpha value is -2.98. The number of rotatable bonds is 10. The summed E-state index contributed by atoms with van der Waals surface area (Å²) in [6.45, 7) is 6.67. The molecule has 4 nitrogen and oxygen atoms in total. The maximum absolute atomic E-state index is 6.05. The molecule has 4 heteroatoms. The van der Waals surface area contributed by atoms with Crippen LogP contribution in [0.5, 0.6) is 17.2 Å². The van der Waals surface area contributed by atoms with Gasteiger partial charge in [-0.3, -0.25) is 0 Å². The molecule has 0 unspecified atom stereocenters. The normalized spacial score (nSPS) is 10.6. The Morgan fingerprint density at radius 2 is 1.52 bits per heavy atom. The average molecular weight is 392 g/mol. The van der Waals surface area contributed by atoms with E-state index in [4.69, 9.17) is 14.2 Å². The van der Waals surface area contributed by atoms with Crippen LogP contribution in [0.15, 0.2) is 66.7 Å². The first-order chi connectivity index (χ1) is 14.2. The number of para-hydroxylation sites is 1. The highest BCUT2D eigenvalue weighted by atomic mass is 16.5. The number of hydrogen-bond acceptors (Lipinski definition) is 4. The van der Waals surface area contributed by atoms with E-state index in [0.29, 0.717) is 13.2 Å². The predicted octanol–water partition coefficient (Wildman–Crippen LogP) is 5.27. The molecule has 0 aliphatic carbocycles. The lowest BCUT2D eigenvalue weighted by Crippen LogP contribution is -2.13. The molecule has 1 N–H and O–H groups in total. The molecule has 0 bridgehead atoms. The van der Waals surface area contributed by atoms with Crippen molar-refractivity contribution in [2.24, 2.45) is 0 Å². The number of ether oxygens (including phenoxy) is 3. The van der Waals surface area contributed by atoms with E-state index in [2.05, 4.69) is 36.5 Å². The smallest absolute Gasteiger partial charge is 0.161 e. The van der Waals surface area contributed by atoms with Crippen LogP contribution in [0.25, 0.3) is 0 Å². The Bertz CT molecular complexity index is 923. The van der Waals surface area contributed by atoms with Crippen LogP contribution in [0.3, 0.4) is 0 Å². The predicted molar refractivity (Wildman–Crippen MR) is 117 cm³/mol. The largest absolute Gasteiger partial charge is 0.496 e. The van der Waals surface area contributed by atoms with Gasteiger partial charge < -0.3 is 19.5 Å². The van der Waals surface area contributed by atoms with Gasteiger partial charge in [0.05, 0.1) is 13.7 Å². The Morgan fingerprint density at radius 3 is 2.28 bits per heavy atom. The third-order valence-corrected chi connectivity index (χ3v) is 4.79. The molecule has 0 saturated carbocycles. The van der Waals surface area contributed by atoms with E-state index in [-0.39, 0.29) is 0 Å². The van der Waals surface area contributed by atoms with Crippen LogP contribution in [-0.2, 0) is 19.7 Å². The number of hydrogen-bond donors (Lipinski definition) is 1. The molecule has 0 spiro atoms. The van der Waals surface area contributed by atoms with Crippen LogP contribution in [0, 0.1) is 6.92 Å². The zero-order chi connectivity index (χ0) is 20.5. The quantitative estimate of drug-likeness (QED) is 0.511. The molecule has 152 valence electrons. The topological polar surface area (TPSA) is 39.7 Å². The Kier molecular flexibility index (Phi) is 7.54. The van der Waals surface area contributed by atoms with Gasteiger partial charge >= 0.3 is 0 Å². The SMILES string of the molecule is CCOc1cc(CNCc2ccccc2OC)ccc1OCc1ccccc1C. The summed E-state index contributed by atoms with van der Waals surface area (Å²) in [6.07, 6.45) is 0. The standard InChI is InChI=1S/C25H29NO3/c1-4-28-25-15-20(16-26-17-21-10-7-8-12-23(21)27-3)13-14-24(25)29-18-22-11-6-5-9-19(22)2/h5-15,26H,4,16-18H2,1-3H3. The summed E-state index contributed by atoms with van der Waals surface area (Å²) >= 11 is 0. The van der Waals surface area contributed by atoms with Crippen LogP contribution in [0.4, 0.5) is 0 Å². The molecule has 0 aliphatic rings. The lowest BCUT2D eigenvalue weighted by Gasteiger charge is -2.15. The first-order valence-corrected chi connectivity index (χ1v) is 9.97. The number of aryl methyl sites for hydroxylation is 1. The molecule has 0 radical (unpaired) electrons. The van der Waals surface area contributed by atoms with Crippen LogP contribution >= 0.6 is 0 Å². The Balaban J connectivity index is 1.63. The van der Waals surface area contributed by atoms with Crippen molar-refractivity contribution >= 4 is 0 Å². The van der Waals surface area contributed by atoms with Crippen LogP contribution < -0.4 is 19.5 Å². The van der Waals surface area contributed by atoms with Gasteiger partial charge in [-0.2, -0.15) is 0 Å². The Morgan fingerprint density at radius 1 is 0.759 bits per heavy atom. The molecule has 0 fully saturated rings. The zero-order valence-electron chi connectivity index (χ0n) is 17.4. The molecular formula is C25H29NO3. The molecule has 0 aromatic heterocycles. The van der Waals surface area contributed by atoms with Gasteiger partial charge in [-0.15, -0.1) is 0 Å². The first kappa shape index (κ1) is 20.7. The highest BCUT2D eigenvalue weighted by Crippen LogP contribution is 2.29. The molecular weight excluding hydrogens is 362 g/mol. The van der Waals surface area contributed by atoms with Gasteiger partial charge in [-0.25, -0.2) is 0 Å². The maximum Gasteiger partial charge on any atom is 0.161 e. The van der Waals surface area contributed by atoms with Gasteiger partial charge in [-0.1, -0.05) is 48.5 Å². The Labute approximate surface area is 173 Å². The molecule has 3 aromatic carbocycles. The van der Waals surface area contributed by atoms with Crippen molar-refractivity contribution in [3.8, 4) is 17.2 Å². The molecule has 3 rings (SSSR count). The summed E-state index contributed by atoms with van der Waals surface area (Å²) in [6, 6.07) is 22.4. The van der Waals surface area contributed by atoms with Crippen molar-refractivity contribution in [1.82, 2.24) is 5.32 Å². The summed E-state index contributed by atoms with van der Waals surface area (Å²) < 4.78 is 17.3. The fraction of sp³-hybridized carbons (Fsp3) is 0.280. The molecule has 0 aliphatic heterocycles. The van der Waals surface area contributed by atoms with Crippen LogP contribution in [0.2, 0.25) is 0 Å². The summed E-state index contributed by atoms with van der Waals surface area (Å²) in [5, 5.41) is 3.47. The summed E-state index contributed by atoms with van der Waals surface area (Å²) in [5.41, 5.74) is 4.69. The summed E-state index contributed by atoms with van der Waals surface area (Å²) in [7, 11) is 1.70. The van der Waals surface area contributed by atoms with E-state index in [1.807, 2.05) is 49.4 Å². The molecule has 0 saturated heterocycles. The van der Waals surface area contributed by atoms with Gasteiger partial charge in [0.25, 0.3) is 0 Å². The van der Waals surface area contributed by atoms with E-state index in [1.54, 1.807) is 7.11 Å². The second-order valence-electron chi connectivity index (χ2n) is 6.84. The minimum Gasteiger partial charge on any atom is -0.496 e. The van der Waals surface area contributed by atoms with Gasteiger partial charge in [0.15, 0.2) is 11.5 Å². The summed E-state index contributed by atoms with van der Waals surface area (Å²) in [5.74, 6) is 2.44. The van der Waals surface area contributed by atoms with E-state index < -0.39 is 0 Å². The zero-order valence-corrected chi connectivity index (χ0v) is 17.4. The lowest BCUT2D eigenvalue weighted by atomic mass is 10.1. The fourth-order valence-corrected chi connectivity index (χ4v) is 3.17. The third-order valence-electron chi connectivity index (χ3n) is 4.79. The van der Waals surface area contributed by atoms with Gasteiger partial charge in [-0.05, 0) is 48.7 Å². The number of nitrogens with one attached hydrogen (secondary N) is 1. The highest BCUT2D eigenvalue weighted by Gasteiger charge is 2.08. The van der Waals surface area contributed by atoms with Gasteiger partial charge in [0.2, 0.25) is 0 Å². The van der Waals surface area contributed by atoms with Crippen molar-refractivity contribution in [3.63, 3.8) is 0 Å². The van der Waals surface area contributed by atoms with Crippen molar-refractivity contribution in [3.05, 3.63) is 89.0 Å². The number of methoxy groups -OCH3 is 1. The third kappa shape index (κ3) is 5.75. The maximum atomic E-state index is 6.05. The molecule has 3 aromatic rings. The fourth-order valence-electron chi connectivity index (χ4n) is 3.17. The van der Waals surface area contributed by atoms with Crippen LogP contribution in [0.1, 0.15) is 29.2 Å². The van der Waals surface area contributed by atoms with E-state index >= 15 is 0 Å². The molecule has 0 heterocycles. The highest BCUT2D eigenvalue weighted by molar-refractivity contribution is 5.43. The molecule has 0 atom stereocenters.